The number of aromatic nitrogens is 2. The second-order valence-electron chi connectivity index (χ2n) is 7.82. The van der Waals surface area contributed by atoms with Gasteiger partial charge in [0.05, 0.1) is 35.7 Å². The van der Waals surface area contributed by atoms with Crippen molar-refractivity contribution in [3.8, 4) is 5.88 Å². The van der Waals surface area contributed by atoms with Crippen molar-refractivity contribution in [2.75, 3.05) is 19.0 Å². The number of aromatic amines is 1. The summed E-state index contributed by atoms with van der Waals surface area (Å²) in [6.07, 6.45) is 8.32. The lowest BCUT2D eigenvalue weighted by molar-refractivity contribution is 0.363. The highest BCUT2D eigenvalue weighted by Crippen LogP contribution is 2.39. The summed E-state index contributed by atoms with van der Waals surface area (Å²) in [7, 11) is 1.67. The molecule has 0 amide bonds. The standard InChI is InChI=1S/C22H24ClN5O/c1-29-19-4-2-3-17(26-19)13-5-7-14(8-6-13)20-22-16(12-25-28-20)21-18(27-22)11-15(23)9-10-24-21/h2-4,9,11,13-14,24,27H,5-8,10,12H2,1H3/t13-,14-. The fourth-order valence-electron chi connectivity index (χ4n) is 4.65. The van der Waals surface area contributed by atoms with Crippen LogP contribution in [0.2, 0.25) is 0 Å². The van der Waals surface area contributed by atoms with Gasteiger partial charge < -0.3 is 15.0 Å². The van der Waals surface area contributed by atoms with Crippen LogP contribution in [0, 0.1) is 5.92 Å². The second kappa shape index (κ2) is 7.67. The van der Waals surface area contributed by atoms with E-state index in [1.54, 1.807) is 7.11 Å². The molecule has 0 radical (unpaired) electrons. The van der Waals surface area contributed by atoms with Gasteiger partial charge in [0.15, 0.2) is 0 Å². The zero-order valence-electron chi connectivity index (χ0n) is 16.4. The van der Waals surface area contributed by atoms with Gasteiger partial charge in [0.1, 0.15) is 0 Å². The number of H-pyrrole nitrogens is 1. The Morgan fingerprint density at radius 3 is 2.79 bits per heavy atom. The molecule has 3 aliphatic rings. The van der Waals surface area contributed by atoms with Gasteiger partial charge in [0, 0.05) is 40.7 Å². The van der Waals surface area contributed by atoms with Crippen LogP contribution in [-0.2, 0) is 6.54 Å². The minimum atomic E-state index is 0.410. The molecule has 0 bridgehead atoms. The highest BCUT2D eigenvalue weighted by atomic mass is 35.5. The number of halogens is 1. The molecule has 1 fully saturated rings. The van der Waals surface area contributed by atoms with Gasteiger partial charge in [-0.1, -0.05) is 17.7 Å². The molecule has 0 aromatic carbocycles. The fraction of sp³-hybridized carbons (Fsp3) is 0.409. The van der Waals surface area contributed by atoms with E-state index in [2.05, 4.69) is 31.6 Å². The van der Waals surface area contributed by atoms with E-state index < -0.39 is 0 Å². The number of ether oxygens (including phenoxy) is 1. The van der Waals surface area contributed by atoms with Crippen LogP contribution in [0.25, 0.3) is 11.8 Å². The van der Waals surface area contributed by atoms with Gasteiger partial charge in [0.2, 0.25) is 5.88 Å². The lowest BCUT2D eigenvalue weighted by Crippen LogP contribution is -2.24. The van der Waals surface area contributed by atoms with Crippen molar-refractivity contribution in [1.82, 2.24) is 9.97 Å². The van der Waals surface area contributed by atoms with E-state index in [1.165, 1.54) is 5.56 Å². The van der Waals surface area contributed by atoms with Crippen LogP contribution in [0.4, 0.5) is 5.69 Å². The molecular formula is C22H24ClN5O. The lowest BCUT2D eigenvalue weighted by Gasteiger charge is -2.28. The zero-order chi connectivity index (χ0) is 19.8. The van der Waals surface area contributed by atoms with Crippen molar-refractivity contribution in [2.24, 2.45) is 16.1 Å². The van der Waals surface area contributed by atoms with Crippen molar-refractivity contribution in [3.05, 3.63) is 51.3 Å². The van der Waals surface area contributed by atoms with E-state index >= 15 is 0 Å². The first-order valence-electron chi connectivity index (χ1n) is 10.2. The highest BCUT2D eigenvalue weighted by molar-refractivity contribution is 6.34. The maximum absolute atomic E-state index is 6.27. The average molecular weight is 410 g/mol. The van der Waals surface area contributed by atoms with Crippen LogP contribution in [0.1, 0.15) is 42.9 Å². The third-order valence-corrected chi connectivity index (χ3v) is 6.40. The molecule has 0 unspecified atom stereocenters. The molecule has 5 rings (SSSR count). The summed E-state index contributed by atoms with van der Waals surface area (Å²) in [6.45, 7) is 1.32. The number of hydrogen-bond donors (Lipinski definition) is 2. The van der Waals surface area contributed by atoms with Gasteiger partial charge in [-0.25, -0.2) is 4.98 Å². The topological polar surface area (TPSA) is 74.7 Å². The Bertz CT molecular complexity index is 1110. The normalized spacial score (nSPS) is 23.2. The highest BCUT2D eigenvalue weighted by Gasteiger charge is 2.29. The third-order valence-electron chi connectivity index (χ3n) is 6.14. The van der Waals surface area contributed by atoms with Gasteiger partial charge in [-0.15, -0.1) is 0 Å². The molecule has 4 heterocycles. The van der Waals surface area contributed by atoms with Gasteiger partial charge in [0.25, 0.3) is 0 Å². The van der Waals surface area contributed by atoms with Crippen LogP contribution in [0.3, 0.4) is 0 Å². The van der Waals surface area contributed by atoms with Crippen molar-refractivity contribution < 1.29 is 4.74 Å². The molecule has 7 heteroatoms. The summed E-state index contributed by atoms with van der Waals surface area (Å²) in [5.74, 6) is 1.57. The summed E-state index contributed by atoms with van der Waals surface area (Å²) < 4.78 is 5.29. The number of pyridine rings is 1. The van der Waals surface area contributed by atoms with Crippen LogP contribution >= 0.6 is 11.6 Å². The third kappa shape index (κ3) is 3.46. The molecule has 6 nitrogen and oxygen atoms in total. The molecule has 2 N–H and O–H groups in total. The molecular weight excluding hydrogens is 386 g/mol. The molecule has 2 aromatic rings. The summed E-state index contributed by atoms with van der Waals surface area (Å²) in [4.78, 5) is 8.21. The number of azo groups is 1. The maximum Gasteiger partial charge on any atom is 0.213 e. The molecule has 2 aliphatic heterocycles. The van der Waals surface area contributed by atoms with E-state index in [4.69, 9.17) is 16.3 Å². The summed E-state index contributed by atoms with van der Waals surface area (Å²) >= 11 is 6.27. The average Bonchev–Trinajstić information content (AvgIpc) is 3.00. The first-order chi connectivity index (χ1) is 14.2. The minimum Gasteiger partial charge on any atom is -0.481 e. The minimum absolute atomic E-state index is 0.410. The monoisotopic (exact) mass is 409 g/mol. The first kappa shape index (κ1) is 18.4. The molecule has 1 aliphatic carbocycles. The number of nitrogens with zero attached hydrogens (tertiary/aromatic N) is 3. The number of fused-ring (bicyclic) bond motifs is 3. The summed E-state index contributed by atoms with van der Waals surface area (Å²) in [6, 6.07) is 6.04. The summed E-state index contributed by atoms with van der Waals surface area (Å²) in [5.41, 5.74) is 4.53. The van der Waals surface area contributed by atoms with Crippen molar-refractivity contribution in [1.29, 1.82) is 0 Å². The first-order valence-corrected chi connectivity index (χ1v) is 10.6. The molecule has 0 spiro atoms. The van der Waals surface area contributed by atoms with Gasteiger partial charge in [-0.05, 0) is 43.9 Å². The van der Waals surface area contributed by atoms with Gasteiger partial charge >= 0.3 is 0 Å². The zero-order valence-corrected chi connectivity index (χ0v) is 17.2. The predicted octanol–water partition coefficient (Wildman–Crippen LogP) is 3.80. The predicted molar refractivity (Wildman–Crippen MR) is 114 cm³/mol. The van der Waals surface area contributed by atoms with Crippen LogP contribution in [-0.4, -0.2) is 23.6 Å². The lowest BCUT2D eigenvalue weighted by atomic mass is 9.78. The largest absolute Gasteiger partial charge is 0.481 e. The van der Waals surface area contributed by atoms with E-state index in [9.17, 15) is 0 Å². The Hall–Kier alpha value is -2.60. The second-order valence-corrected chi connectivity index (χ2v) is 8.26. The number of hydrogen-bond acceptors (Lipinski definition) is 5. The fourth-order valence-corrected chi connectivity index (χ4v) is 4.83. The molecule has 150 valence electrons. The molecule has 29 heavy (non-hydrogen) atoms. The van der Waals surface area contributed by atoms with Crippen molar-refractivity contribution in [3.63, 3.8) is 0 Å². The van der Waals surface area contributed by atoms with Gasteiger partial charge in [-0.3, -0.25) is 0 Å². The number of anilines is 1. The number of rotatable bonds is 3. The molecule has 0 atom stereocenters. The Kier molecular flexibility index (Phi) is 4.87. The smallest absolute Gasteiger partial charge is 0.213 e. The van der Waals surface area contributed by atoms with E-state index in [0.29, 0.717) is 24.3 Å². The maximum atomic E-state index is 6.27. The Balaban J connectivity index is 1.43. The van der Waals surface area contributed by atoms with Crippen LogP contribution < -0.4 is 20.8 Å². The summed E-state index contributed by atoms with van der Waals surface area (Å²) in [5, 5.41) is 15.4. The Morgan fingerprint density at radius 1 is 1.14 bits per heavy atom. The number of nitrogens with one attached hydrogen (secondary N) is 2. The van der Waals surface area contributed by atoms with E-state index in [0.717, 1.165) is 65.0 Å². The van der Waals surface area contributed by atoms with Gasteiger partial charge in [-0.2, -0.15) is 10.2 Å². The van der Waals surface area contributed by atoms with Crippen molar-refractivity contribution >= 4 is 29.1 Å². The molecule has 1 saturated carbocycles. The number of methoxy groups -OCH3 is 1. The Morgan fingerprint density at radius 2 is 1.97 bits per heavy atom. The van der Waals surface area contributed by atoms with Crippen molar-refractivity contribution in [2.45, 2.75) is 38.1 Å². The molecule has 0 saturated heterocycles. The van der Waals surface area contributed by atoms with Crippen LogP contribution in [0.5, 0.6) is 5.88 Å². The SMILES string of the molecule is COc1cccc([C@H]2CC[C@H](C3=c4[nH]c5c(c4CN=N3)NCC=C(Cl)C=5)CC2)n1. The van der Waals surface area contributed by atoms with E-state index in [1.807, 2.05) is 24.3 Å². The van der Waals surface area contributed by atoms with Crippen LogP contribution in [0.15, 0.2) is 39.5 Å². The molecule has 2 aromatic heterocycles. The van der Waals surface area contributed by atoms with E-state index in [-0.39, 0.29) is 0 Å². The Labute approximate surface area is 174 Å². The quantitative estimate of drug-likeness (QED) is 0.809. The number of allylic oxidation sites excluding steroid dienone is 1.